The number of nitrogens with zero attached hydrogens (tertiary/aromatic N) is 1. The zero-order valence-electron chi connectivity index (χ0n) is 16.0. The number of halogens is 1. The molecule has 150 valence electrons. The molecule has 0 unspecified atom stereocenters. The third-order valence-corrected chi connectivity index (χ3v) is 5.20. The third kappa shape index (κ3) is 3.51. The molecule has 0 saturated heterocycles. The summed E-state index contributed by atoms with van der Waals surface area (Å²) >= 11 is 6.23. The van der Waals surface area contributed by atoms with Gasteiger partial charge in [0.1, 0.15) is 35.5 Å². The molecule has 0 spiro atoms. The maximum atomic E-state index is 12.7. The fourth-order valence-electron chi connectivity index (χ4n) is 3.45. The summed E-state index contributed by atoms with van der Waals surface area (Å²) in [4.78, 5) is 12.7. The number of benzene rings is 2. The Kier molecular flexibility index (Phi) is 5.21. The van der Waals surface area contributed by atoms with Gasteiger partial charge in [-0.1, -0.05) is 48.0 Å². The van der Waals surface area contributed by atoms with Crippen molar-refractivity contribution in [3.8, 4) is 17.6 Å². The number of ether oxygens (including phenoxy) is 2. The first kappa shape index (κ1) is 19.6. The van der Waals surface area contributed by atoms with Gasteiger partial charge in [-0.2, -0.15) is 5.26 Å². The van der Waals surface area contributed by atoms with E-state index in [9.17, 15) is 10.1 Å². The summed E-state index contributed by atoms with van der Waals surface area (Å²) in [6.45, 7) is 1.86. The van der Waals surface area contributed by atoms with Crippen molar-refractivity contribution in [3.05, 3.63) is 104 Å². The number of nitriles is 1. The van der Waals surface area contributed by atoms with Crippen LogP contribution in [0.4, 0.5) is 0 Å². The van der Waals surface area contributed by atoms with Gasteiger partial charge in [0.25, 0.3) is 0 Å². The highest BCUT2D eigenvalue weighted by Gasteiger charge is 2.35. The van der Waals surface area contributed by atoms with Crippen molar-refractivity contribution < 1.29 is 13.9 Å². The van der Waals surface area contributed by atoms with Crippen molar-refractivity contribution in [2.24, 2.45) is 5.73 Å². The lowest BCUT2D eigenvalue weighted by Crippen LogP contribution is -2.26. The summed E-state index contributed by atoms with van der Waals surface area (Å²) < 4.78 is 16.9. The Hall–Kier alpha value is -3.69. The molecular weight excluding hydrogens is 404 g/mol. The van der Waals surface area contributed by atoms with Crippen LogP contribution in [0.1, 0.15) is 28.4 Å². The van der Waals surface area contributed by atoms with E-state index in [-0.39, 0.29) is 29.4 Å². The molecule has 0 aliphatic carbocycles. The summed E-state index contributed by atoms with van der Waals surface area (Å²) in [5, 5.41) is 10.3. The number of nitrogens with two attached hydrogens (primary N) is 1. The van der Waals surface area contributed by atoms with Gasteiger partial charge in [-0.05, 0) is 19.1 Å². The van der Waals surface area contributed by atoms with Crippen LogP contribution in [0, 0.1) is 18.3 Å². The quantitative estimate of drug-likeness (QED) is 0.671. The first-order valence-electron chi connectivity index (χ1n) is 9.17. The number of hydrogen-bond acceptors (Lipinski definition) is 6. The summed E-state index contributed by atoms with van der Waals surface area (Å²) in [6.07, 6.45) is 0. The van der Waals surface area contributed by atoms with Gasteiger partial charge in [0.15, 0.2) is 0 Å². The van der Waals surface area contributed by atoms with E-state index in [1.807, 2.05) is 24.3 Å². The average molecular weight is 421 g/mol. The number of aryl methyl sites for hydroxylation is 1. The fraction of sp³-hybridized carbons (Fsp3) is 0.130. The highest BCUT2D eigenvalue weighted by Crippen LogP contribution is 2.43. The van der Waals surface area contributed by atoms with Crippen LogP contribution in [0.5, 0.6) is 11.5 Å². The zero-order chi connectivity index (χ0) is 21.3. The molecule has 1 atom stereocenters. The SMILES string of the molecule is Cc1cc2c(c(=O)o1)[C@@H](c1ccccc1OCc1ccccc1Cl)C(C#N)=C(N)O2. The minimum Gasteiger partial charge on any atom is -0.489 e. The lowest BCUT2D eigenvalue weighted by molar-refractivity contribution is 0.301. The van der Waals surface area contributed by atoms with Crippen LogP contribution in [-0.2, 0) is 6.61 Å². The normalized spacial score (nSPS) is 15.2. The molecule has 30 heavy (non-hydrogen) atoms. The van der Waals surface area contributed by atoms with E-state index in [1.165, 1.54) is 0 Å². The van der Waals surface area contributed by atoms with Crippen LogP contribution in [-0.4, -0.2) is 0 Å². The lowest BCUT2D eigenvalue weighted by Gasteiger charge is -2.26. The van der Waals surface area contributed by atoms with Gasteiger partial charge in [0, 0.05) is 22.2 Å². The lowest BCUT2D eigenvalue weighted by atomic mass is 9.84. The molecule has 6 nitrogen and oxygen atoms in total. The van der Waals surface area contributed by atoms with Crippen LogP contribution >= 0.6 is 11.6 Å². The van der Waals surface area contributed by atoms with E-state index >= 15 is 0 Å². The first-order valence-corrected chi connectivity index (χ1v) is 9.54. The first-order chi connectivity index (χ1) is 14.5. The minimum absolute atomic E-state index is 0.0547. The minimum atomic E-state index is -0.780. The maximum Gasteiger partial charge on any atom is 0.343 e. The molecule has 2 heterocycles. The highest BCUT2D eigenvalue weighted by atomic mass is 35.5. The maximum absolute atomic E-state index is 12.7. The van der Waals surface area contributed by atoms with Gasteiger partial charge < -0.3 is 19.6 Å². The molecule has 2 N–H and O–H groups in total. The van der Waals surface area contributed by atoms with Crippen molar-refractivity contribution in [2.75, 3.05) is 0 Å². The Balaban J connectivity index is 1.82. The van der Waals surface area contributed by atoms with E-state index in [4.69, 9.17) is 31.2 Å². The molecular formula is C23H17ClN2O4. The van der Waals surface area contributed by atoms with E-state index < -0.39 is 11.5 Å². The second-order valence-corrected chi connectivity index (χ2v) is 7.17. The Bertz CT molecular complexity index is 1260. The molecule has 1 aliphatic rings. The number of allylic oxidation sites excluding steroid dienone is 1. The number of fused-ring (bicyclic) bond motifs is 1. The summed E-state index contributed by atoms with van der Waals surface area (Å²) in [6, 6.07) is 18.2. The number of rotatable bonds is 4. The van der Waals surface area contributed by atoms with Crippen LogP contribution in [0.25, 0.3) is 0 Å². The van der Waals surface area contributed by atoms with E-state index in [0.29, 0.717) is 22.1 Å². The molecule has 0 fully saturated rings. The van der Waals surface area contributed by atoms with Crippen molar-refractivity contribution in [1.29, 1.82) is 5.26 Å². The standard InChI is InChI=1S/C23H17ClN2O4/c1-13-10-19-21(23(27)29-13)20(16(11-25)22(26)30-19)15-7-3-5-9-18(15)28-12-14-6-2-4-8-17(14)24/h2-10,20H,12,26H2,1H3/t20-/m0/s1. The zero-order valence-corrected chi connectivity index (χ0v) is 16.8. The van der Waals surface area contributed by atoms with E-state index in [1.54, 1.807) is 37.3 Å². The van der Waals surface area contributed by atoms with Gasteiger partial charge in [-0.25, -0.2) is 4.79 Å². The van der Waals surface area contributed by atoms with Crippen LogP contribution in [0.3, 0.4) is 0 Å². The molecule has 0 radical (unpaired) electrons. The van der Waals surface area contributed by atoms with Gasteiger partial charge in [0.2, 0.25) is 5.88 Å². The van der Waals surface area contributed by atoms with Gasteiger partial charge in [-0.15, -0.1) is 0 Å². The summed E-state index contributed by atoms with van der Waals surface area (Å²) in [7, 11) is 0. The second-order valence-electron chi connectivity index (χ2n) is 6.77. The molecule has 1 aliphatic heterocycles. The Morgan fingerprint density at radius 3 is 2.70 bits per heavy atom. The van der Waals surface area contributed by atoms with Crippen LogP contribution in [0.2, 0.25) is 5.02 Å². The fourth-order valence-corrected chi connectivity index (χ4v) is 3.64. The Labute approximate surface area is 177 Å². The van der Waals surface area contributed by atoms with E-state index in [0.717, 1.165) is 5.56 Å². The predicted molar refractivity (Wildman–Crippen MR) is 111 cm³/mol. The van der Waals surface area contributed by atoms with Gasteiger partial charge in [0.05, 0.1) is 11.5 Å². The average Bonchev–Trinajstić information content (AvgIpc) is 2.72. The van der Waals surface area contributed by atoms with Crippen LogP contribution in [0.15, 0.2) is 75.3 Å². The topological polar surface area (TPSA) is 98.5 Å². The Morgan fingerprint density at radius 2 is 1.93 bits per heavy atom. The van der Waals surface area contributed by atoms with Gasteiger partial charge >= 0.3 is 5.63 Å². The Morgan fingerprint density at radius 1 is 1.20 bits per heavy atom. The molecule has 0 amide bonds. The van der Waals surface area contributed by atoms with Crippen molar-refractivity contribution in [3.63, 3.8) is 0 Å². The monoisotopic (exact) mass is 420 g/mol. The number of hydrogen-bond donors (Lipinski definition) is 1. The molecule has 2 aromatic carbocycles. The summed E-state index contributed by atoms with van der Waals surface area (Å²) in [5.41, 5.74) is 7.16. The molecule has 4 rings (SSSR count). The molecule has 0 saturated carbocycles. The third-order valence-electron chi connectivity index (χ3n) is 4.83. The summed E-state index contributed by atoms with van der Waals surface area (Å²) in [5.74, 6) is 0.315. The van der Waals surface area contributed by atoms with Gasteiger partial charge in [-0.3, -0.25) is 0 Å². The predicted octanol–water partition coefficient (Wildman–Crippen LogP) is 4.40. The van der Waals surface area contributed by atoms with E-state index in [2.05, 4.69) is 6.07 Å². The smallest absolute Gasteiger partial charge is 0.343 e. The van der Waals surface area contributed by atoms with Crippen molar-refractivity contribution >= 4 is 11.6 Å². The van der Waals surface area contributed by atoms with Crippen molar-refractivity contribution in [1.82, 2.24) is 0 Å². The largest absolute Gasteiger partial charge is 0.489 e. The molecule has 0 bridgehead atoms. The van der Waals surface area contributed by atoms with Crippen LogP contribution < -0.4 is 20.8 Å². The van der Waals surface area contributed by atoms with Crippen molar-refractivity contribution in [2.45, 2.75) is 19.4 Å². The molecule has 7 heteroatoms. The molecule has 3 aromatic rings. The highest BCUT2D eigenvalue weighted by molar-refractivity contribution is 6.31. The molecule has 1 aromatic heterocycles. The second kappa shape index (κ2) is 7.97. The number of para-hydroxylation sites is 1.